The quantitative estimate of drug-likeness (QED) is 0.492. The molecule has 1 unspecified atom stereocenters. The van der Waals surface area contributed by atoms with Crippen LogP contribution in [-0.2, 0) is 4.79 Å². The van der Waals surface area contributed by atoms with E-state index in [2.05, 4.69) is 5.32 Å². The van der Waals surface area contributed by atoms with E-state index in [0.29, 0.717) is 24.6 Å². The van der Waals surface area contributed by atoms with Crippen molar-refractivity contribution in [2.24, 2.45) is 5.73 Å². The zero-order chi connectivity index (χ0) is 18.5. The van der Waals surface area contributed by atoms with Gasteiger partial charge in [0.1, 0.15) is 24.2 Å². The molecule has 1 atom stereocenters. The zero-order valence-electron chi connectivity index (χ0n) is 15.5. The molecule has 6 nitrogen and oxygen atoms in total. The maximum Gasteiger partial charge on any atom is 0.308 e. The summed E-state index contributed by atoms with van der Waals surface area (Å²) in [5, 5.41) is 13.3. The van der Waals surface area contributed by atoms with Crippen molar-refractivity contribution in [2.45, 2.75) is 53.2 Å². The summed E-state index contributed by atoms with van der Waals surface area (Å²) in [4.78, 5) is 11.2. The number of nitrogens with one attached hydrogen (secondary N) is 1. The number of carbonyl (C=O) groups is 1. The van der Waals surface area contributed by atoms with E-state index in [1.54, 1.807) is 0 Å². The van der Waals surface area contributed by atoms with Crippen LogP contribution in [0.4, 0.5) is 0 Å². The van der Waals surface area contributed by atoms with Gasteiger partial charge in [0.15, 0.2) is 0 Å². The van der Waals surface area contributed by atoms with Crippen LogP contribution < -0.4 is 20.5 Å². The summed E-state index contributed by atoms with van der Waals surface area (Å²) in [6.45, 7) is 12.0. The number of ether oxygens (including phenoxy) is 2. The normalized spacial score (nSPS) is 12.8. The van der Waals surface area contributed by atoms with Crippen LogP contribution in [0.25, 0.3) is 0 Å². The summed E-state index contributed by atoms with van der Waals surface area (Å²) in [5.41, 5.74) is 7.99. The molecule has 1 aromatic carbocycles. The molecule has 0 aromatic heterocycles. The molecule has 0 bridgehead atoms. The van der Waals surface area contributed by atoms with Crippen LogP contribution in [0.2, 0.25) is 0 Å². The number of esters is 1. The van der Waals surface area contributed by atoms with Gasteiger partial charge in [0.2, 0.25) is 0 Å². The smallest absolute Gasteiger partial charge is 0.308 e. The van der Waals surface area contributed by atoms with Gasteiger partial charge in [-0.15, -0.1) is 0 Å². The first-order valence-corrected chi connectivity index (χ1v) is 8.12. The number of aliphatic hydroxyl groups excluding tert-OH is 1. The van der Waals surface area contributed by atoms with Gasteiger partial charge in [-0.25, -0.2) is 0 Å². The fourth-order valence-corrected chi connectivity index (χ4v) is 2.18. The Bertz CT molecular complexity index is 585. The third-order valence-electron chi connectivity index (χ3n) is 3.98. The Hall–Kier alpha value is -1.63. The molecule has 0 amide bonds. The predicted octanol–water partition coefficient (Wildman–Crippen LogP) is 1.60. The number of benzene rings is 1. The standard InChI is InChI=1S/C18H30N2O4/c1-11-7-16(12(2)13(3)17(11)24-14(4)21)23-9-15(22)8-20-18(5,6)10-19/h7,15,20,22H,8-10,19H2,1-6H3. The number of hydrogen-bond acceptors (Lipinski definition) is 6. The number of nitrogens with two attached hydrogens (primary N) is 1. The average Bonchev–Trinajstić information content (AvgIpc) is 2.51. The molecule has 24 heavy (non-hydrogen) atoms. The Morgan fingerprint density at radius 1 is 1.33 bits per heavy atom. The van der Waals surface area contributed by atoms with Crippen LogP contribution in [0, 0.1) is 20.8 Å². The van der Waals surface area contributed by atoms with Gasteiger partial charge in [0.25, 0.3) is 0 Å². The molecular formula is C18H30N2O4. The lowest BCUT2D eigenvalue weighted by Gasteiger charge is -2.26. The number of aryl methyl sites for hydroxylation is 1. The molecule has 136 valence electrons. The maximum absolute atomic E-state index is 11.2. The van der Waals surface area contributed by atoms with Crippen molar-refractivity contribution >= 4 is 5.97 Å². The fraction of sp³-hybridized carbons (Fsp3) is 0.611. The number of rotatable bonds is 8. The van der Waals surface area contributed by atoms with Crippen molar-refractivity contribution in [3.8, 4) is 11.5 Å². The van der Waals surface area contributed by atoms with Crippen LogP contribution in [0.1, 0.15) is 37.5 Å². The topological polar surface area (TPSA) is 93.8 Å². The first-order valence-electron chi connectivity index (χ1n) is 8.12. The van der Waals surface area contributed by atoms with Crippen molar-refractivity contribution in [1.29, 1.82) is 0 Å². The summed E-state index contributed by atoms with van der Waals surface area (Å²) < 4.78 is 11.0. The van der Waals surface area contributed by atoms with Crippen LogP contribution in [0.3, 0.4) is 0 Å². The van der Waals surface area contributed by atoms with E-state index in [9.17, 15) is 9.90 Å². The number of carbonyl (C=O) groups excluding carboxylic acids is 1. The Labute approximate surface area is 144 Å². The highest BCUT2D eigenvalue weighted by atomic mass is 16.5. The van der Waals surface area contributed by atoms with Gasteiger partial charge >= 0.3 is 5.97 Å². The minimum atomic E-state index is -0.649. The molecule has 0 fully saturated rings. The van der Waals surface area contributed by atoms with Crippen molar-refractivity contribution in [3.05, 3.63) is 22.8 Å². The van der Waals surface area contributed by atoms with Crippen LogP contribution in [0.15, 0.2) is 6.07 Å². The zero-order valence-corrected chi connectivity index (χ0v) is 15.5. The first kappa shape index (κ1) is 20.4. The predicted molar refractivity (Wildman–Crippen MR) is 94.6 cm³/mol. The first-order chi connectivity index (χ1) is 11.1. The number of hydrogen-bond donors (Lipinski definition) is 3. The highest BCUT2D eigenvalue weighted by Crippen LogP contribution is 2.33. The van der Waals surface area contributed by atoms with Crippen LogP contribution in [0.5, 0.6) is 11.5 Å². The van der Waals surface area contributed by atoms with E-state index in [1.165, 1.54) is 6.92 Å². The van der Waals surface area contributed by atoms with Gasteiger partial charge in [-0.3, -0.25) is 4.79 Å². The fourth-order valence-electron chi connectivity index (χ4n) is 2.18. The molecule has 1 aromatic rings. The SMILES string of the molecule is CC(=O)Oc1c(C)cc(OCC(O)CNC(C)(C)CN)c(C)c1C. The van der Waals surface area contributed by atoms with Gasteiger partial charge in [-0.05, 0) is 57.4 Å². The minimum absolute atomic E-state index is 0.167. The highest BCUT2D eigenvalue weighted by Gasteiger charge is 2.18. The van der Waals surface area contributed by atoms with Gasteiger partial charge in [0, 0.05) is 25.6 Å². The van der Waals surface area contributed by atoms with Crippen molar-refractivity contribution in [2.75, 3.05) is 19.7 Å². The largest absolute Gasteiger partial charge is 0.491 e. The molecule has 0 spiro atoms. The monoisotopic (exact) mass is 338 g/mol. The van der Waals surface area contributed by atoms with Crippen LogP contribution >= 0.6 is 0 Å². The van der Waals surface area contributed by atoms with Gasteiger partial charge < -0.3 is 25.6 Å². The Balaban J connectivity index is 2.74. The average molecular weight is 338 g/mol. The Morgan fingerprint density at radius 3 is 2.50 bits per heavy atom. The van der Waals surface area contributed by atoms with E-state index in [1.807, 2.05) is 40.7 Å². The van der Waals surface area contributed by atoms with E-state index < -0.39 is 6.10 Å². The summed E-state index contributed by atoms with van der Waals surface area (Å²) in [7, 11) is 0. The second-order valence-electron chi connectivity index (χ2n) is 6.80. The molecule has 0 aliphatic carbocycles. The van der Waals surface area contributed by atoms with E-state index in [0.717, 1.165) is 16.7 Å². The number of aliphatic hydroxyl groups is 1. The van der Waals surface area contributed by atoms with Gasteiger partial charge in [-0.1, -0.05) is 0 Å². The Morgan fingerprint density at radius 2 is 1.96 bits per heavy atom. The van der Waals surface area contributed by atoms with Crippen molar-refractivity contribution < 1.29 is 19.4 Å². The third-order valence-corrected chi connectivity index (χ3v) is 3.98. The molecule has 4 N–H and O–H groups in total. The van der Waals surface area contributed by atoms with Crippen molar-refractivity contribution in [1.82, 2.24) is 5.32 Å². The lowest BCUT2D eigenvalue weighted by atomic mass is 10.0. The lowest BCUT2D eigenvalue weighted by molar-refractivity contribution is -0.131. The lowest BCUT2D eigenvalue weighted by Crippen LogP contribution is -2.49. The van der Waals surface area contributed by atoms with Gasteiger partial charge in [0.05, 0.1) is 0 Å². The highest BCUT2D eigenvalue weighted by molar-refractivity contribution is 5.71. The second kappa shape index (κ2) is 8.46. The molecule has 0 heterocycles. The molecule has 0 aliphatic rings. The molecular weight excluding hydrogens is 308 g/mol. The number of β-amino-alcohol motifs (C(OH)–C–C–N with tert-alkyl or cyclic N) is 1. The van der Waals surface area contributed by atoms with E-state index in [4.69, 9.17) is 15.2 Å². The molecule has 0 saturated carbocycles. The summed E-state index contributed by atoms with van der Waals surface area (Å²) >= 11 is 0. The van der Waals surface area contributed by atoms with Gasteiger partial charge in [-0.2, -0.15) is 0 Å². The van der Waals surface area contributed by atoms with E-state index in [-0.39, 0.29) is 18.1 Å². The minimum Gasteiger partial charge on any atom is -0.491 e. The Kier molecular flexibility index (Phi) is 7.20. The summed E-state index contributed by atoms with van der Waals surface area (Å²) in [6.07, 6.45) is -0.649. The summed E-state index contributed by atoms with van der Waals surface area (Å²) in [6, 6.07) is 1.82. The molecule has 0 radical (unpaired) electrons. The van der Waals surface area contributed by atoms with Crippen LogP contribution in [-0.4, -0.2) is 42.4 Å². The molecule has 0 aliphatic heterocycles. The van der Waals surface area contributed by atoms with E-state index >= 15 is 0 Å². The summed E-state index contributed by atoms with van der Waals surface area (Å²) in [5.74, 6) is 0.899. The molecule has 1 rings (SSSR count). The van der Waals surface area contributed by atoms with Crippen molar-refractivity contribution in [3.63, 3.8) is 0 Å². The second-order valence-corrected chi connectivity index (χ2v) is 6.80. The molecule has 0 saturated heterocycles. The maximum atomic E-state index is 11.2. The third kappa shape index (κ3) is 5.78. The molecule has 6 heteroatoms.